The largest absolute Gasteiger partial charge is 0.374 e. The third-order valence-electron chi connectivity index (χ3n) is 2.70. The van der Waals surface area contributed by atoms with Gasteiger partial charge in [0, 0.05) is 11.8 Å². The highest BCUT2D eigenvalue weighted by molar-refractivity contribution is 5.95. The molecule has 0 unspecified atom stereocenters. The summed E-state index contributed by atoms with van der Waals surface area (Å²) in [6.07, 6.45) is 0. The molecule has 1 atom stereocenters. The molecular formula is C14H17N3O2. The van der Waals surface area contributed by atoms with Gasteiger partial charge in [-0.15, -0.1) is 0 Å². The minimum atomic E-state index is -0.367. The van der Waals surface area contributed by atoms with Crippen molar-refractivity contribution in [2.45, 2.75) is 26.8 Å². The van der Waals surface area contributed by atoms with Crippen LogP contribution in [0.1, 0.15) is 18.2 Å². The Bertz CT molecular complexity index is 560. The highest BCUT2D eigenvalue weighted by atomic mass is 16.5. The molecule has 0 saturated carbocycles. The zero-order valence-corrected chi connectivity index (χ0v) is 11.2. The highest BCUT2D eigenvalue weighted by Gasteiger charge is 2.14. The summed E-state index contributed by atoms with van der Waals surface area (Å²) in [5, 5.41) is 9.50. The second-order valence-corrected chi connectivity index (χ2v) is 4.55. The van der Waals surface area contributed by atoms with E-state index in [4.69, 9.17) is 4.52 Å². The fraction of sp³-hybridized carbons (Fsp3) is 0.286. The lowest BCUT2D eigenvalue weighted by atomic mass is 10.2. The van der Waals surface area contributed by atoms with Gasteiger partial charge in [-0.05, 0) is 32.9 Å². The average Bonchev–Trinajstić information content (AvgIpc) is 2.77. The number of carbonyl (C=O) groups excluding carboxylic acids is 1. The minimum Gasteiger partial charge on any atom is -0.374 e. The number of nitrogens with one attached hydrogen (secondary N) is 2. The number of hydrogen-bond donors (Lipinski definition) is 2. The van der Waals surface area contributed by atoms with Gasteiger partial charge >= 0.3 is 0 Å². The third kappa shape index (κ3) is 3.58. The fourth-order valence-electron chi connectivity index (χ4n) is 1.62. The smallest absolute Gasteiger partial charge is 0.248 e. The Hall–Kier alpha value is -2.30. The summed E-state index contributed by atoms with van der Waals surface area (Å²) >= 11 is 0. The number of aromatic nitrogens is 1. The molecule has 0 radical (unpaired) electrons. The van der Waals surface area contributed by atoms with Crippen molar-refractivity contribution in [3.05, 3.63) is 41.6 Å². The second kappa shape index (κ2) is 5.56. The van der Waals surface area contributed by atoms with E-state index in [0.717, 1.165) is 11.4 Å². The summed E-state index contributed by atoms with van der Waals surface area (Å²) in [6, 6.07) is 9.18. The molecular weight excluding hydrogens is 242 g/mol. The molecule has 2 rings (SSSR count). The molecule has 0 aliphatic heterocycles. The predicted molar refractivity (Wildman–Crippen MR) is 74.1 cm³/mol. The van der Waals surface area contributed by atoms with Crippen LogP contribution >= 0.6 is 0 Å². The third-order valence-corrected chi connectivity index (χ3v) is 2.70. The first-order chi connectivity index (χ1) is 9.04. The van der Waals surface area contributed by atoms with Crippen molar-refractivity contribution in [2.75, 3.05) is 10.6 Å². The van der Waals surface area contributed by atoms with Crippen molar-refractivity contribution in [1.82, 2.24) is 5.16 Å². The number of hydrogen-bond acceptors (Lipinski definition) is 4. The molecule has 19 heavy (non-hydrogen) atoms. The molecule has 1 aromatic heterocycles. The number of rotatable bonds is 4. The Labute approximate surface area is 112 Å². The van der Waals surface area contributed by atoms with Gasteiger partial charge in [0.2, 0.25) is 11.8 Å². The number of benzene rings is 1. The van der Waals surface area contributed by atoms with Crippen LogP contribution in [0.2, 0.25) is 0 Å². The van der Waals surface area contributed by atoms with E-state index in [-0.39, 0.29) is 11.9 Å². The Morgan fingerprint density at radius 1 is 1.26 bits per heavy atom. The Balaban J connectivity index is 1.94. The van der Waals surface area contributed by atoms with Gasteiger partial charge in [0.25, 0.3) is 0 Å². The topological polar surface area (TPSA) is 67.2 Å². The lowest BCUT2D eigenvalue weighted by Gasteiger charge is -2.14. The van der Waals surface area contributed by atoms with Crippen molar-refractivity contribution in [3.63, 3.8) is 0 Å². The molecule has 1 amide bonds. The van der Waals surface area contributed by atoms with Gasteiger partial charge in [0.05, 0.1) is 5.69 Å². The van der Waals surface area contributed by atoms with Gasteiger partial charge in [-0.2, -0.15) is 0 Å². The maximum atomic E-state index is 11.9. The average molecular weight is 259 g/mol. The van der Waals surface area contributed by atoms with E-state index in [2.05, 4.69) is 15.8 Å². The van der Waals surface area contributed by atoms with Crippen molar-refractivity contribution in [2.24, 2.45) is 0 Å². The van der Waals surface area contributed by atoms with Gasteiger partial charge in [0.1, 0.15) is 6.04 Å². The number of aryl methyl sites for hydroxylation is 2. The van der Waals surface area contributed by atoms with Crippen molar-refractivity contribution >= 4 is 17.5 Å². The molecule has 0 fully saturated rings. The summed E-state index contributed by atoms with van der Waals surface area (Å²) in [5.74, 6) is 0.191. The van der Waals surface area contributed by atoms with E-state index in [1.54, 1.807) is 19.9 Å². The zero-order chi connectivity index (χ0) is 13.8. The van der Waals surface area contributed by atoms with Crippen LogP contribution in [0.5, 0.6) is 0 Å². The van der Waals surface area contributed by atoms with E-state index in [0.29, 0.717) is 5.88 Å². The normalized spacial score (nSPS) is 11.9. The van der Waals surface area contributed by atoms with E-state index >= 15 is 0 Å². The molecule has 2 N–H and O–H groups in total. The molecule has 1 heterocycles. The van der Waals surface area contributed by atoms with Gasteiger partial charge in [-0.1, -0.05) is 22.9 Å². The molecule has 0 bridgehead atoms. The highest BCUT2D eigenvalue weighted by Crippen LogP contribution is 2.12. The fourth-order valence-corrected chi connectivity index (χ4v) is 1.62. The van der Waals surface area contributed by atoms with E-state index in [1.807, 2.05) is 31.2 Å². The molecule has 0 spiro atoms. The molecule has 0 aliphatic carbocycles. The SMILES string of the molecule is Cc1ccc(N[C@H](C)C(=O)Nc2cc(C)no2)cc1. The van der Waals surface area contributed by atoms with Crippen LogP contribution in [0.25, 0.3) is 0 Å². The lowest BCUT2D eigenvalue weighted by Crippen LogP contribution is -2.31. The summed E-state index contributed by atoms with van der Waals surface area (Å²) in [7, 11) is 0. The Kier molecular flexibility index (Phi) is 3.85. The summed E-state index contributed by atoms with van der Waals surface area (Å²) in [5.41, 5.74) is 2.82. The molecule has 5 heteroatoms. The first kappa shape index (κ1) is 13.1. The summed E-state index contributed by atoms with van der Waals surface area (Å²) in [6.45, 7) is 5.61. The number of anilines is 2. The van der Waals surface area contributed by atoms with Crippen molar-refractivity contribution in [1.29, 1.82) is 0 Å². The van der Waals surface area contributed by atoms with Crippen LogP contribution in [0, 0.1) is 13.8 Å². The first-order valence-electron chi connectivity index (χ1n) is 6.12. The van der Waals surface area contributed by atoms with Gasteiger partial charge < -0.3 is 9.84 Å². The van der Waals surface area contributed by atoms with Gasteiger partial charge in [0.15, 0.2) is 0 Å². The van der Waals surface area contributed by atoms with Crippen LogP contribution < -0.4 is 10.6 Å². The molecule has 2 aromatic rings. The van der Waals surface area contributed by atoms with Gasteiger partial charge in [-0.25, -0.2) is 0 Å². The van der Waals surface area contributed by atoms with Crippen LogP contribution in [0.3, 0.4) is 0 Å². The maximum Gasteiger partial charge on any atom is 0.248 e. The van der Waals surface area contributed by atoms with E-state index in [1.165, 1.54) is 5.56 Å². The van der Waals surface area contributed by atoms with Crippen LogP contribution in [-0.4, -0.2) is 17.1 Å². The quantitative estimate of drug-likeness (QED) is 0.886. The Morgan fingerprint density at radius 3 is 2.53 bits per heavy atom. The molecule has 0 saturated heterocycles. The zero-order valence-electron chi connectivity index (χ0n) is 11.2. The minimum absolute atomic E-state index is 0.170. The molecule has 0 aliphatic rings. The first-order valence-corrected chi connectivity index (χ1v) is 6.12. The standard InChI is InChI=1S/C14H17N3O2/c1-9-4-6-12(7-5-9)15-11(3)14(18)16-13-8-10(2)17-19-13/h4-8,11,15H,1-3H3,(H,16,18)/t11-/m1/s1. The monoisotopic (exact) mass is 259 g/mol. The molecule has 1 aromatic carbocycles. The maximum absolute atomic E-state index is 11.9. The predicted octanol–water partition coefficient (Wildman–Crippen LogP) is 2.73. The van der Waals surface area contributed by atoms with Crippen LogP contribution in [0.15, 0.2) is 34.9 Å². The lowest BCUT2D eigenvalue weighted by molar-refractivity contribution is -0.116. The van der Waals surface area contributed by atoms with Crippen molar-refractivity contribution < 1.29 is 9.32 Å². The van der Waals surface area contributed by atoms with E-state index < -0.39 is 0 Å². The second-order valence-electron chi connectivity index (χ2n) is 4.55. The molecule has 100 valence electrons. The number of carbonyl (C=O) groups is 1. The Morgan fingerprint density at radius 2 is 1.95 bits per heavy atom. The summed E-state index contributed by atoms with van der Waals surface area (Å²) in [4.78, 5) is 11.9. The number of amides is 1. The van der Waals surface area contributed by atoms with Crippen molar-refractivity contribution in [3.8, 4) is 0 Å². The van der Waals surface area contributed by atoms with Crippen LogP contribution in [-0.2, 0) is 4.79 Å². The van der Waals surface area contributed by atoms with Gasteiger partial charge in [-0.3, -0.25) is 10.1 Å². The van der Waals surface area contributed by atoms with E-state index in [9.17, 15) is 4.79 Å². The number of nitrogens with zero attached hydrogens (tertiary/aromatic N) is 1. The molecule has 5 nitrogen and oxygen atoms in total. The summed E-state index contributed by atoms with van der Waals surface area (Å²) < 4.78 is 4.94. The van der Waals surface area contributed by atoms with Crippen LogP contribution in [0.4, 0.5) is 11.6 Å².